The number of carbonyl (C=O) groups is 2. The van der Waals surface area contributed by atoms with Gasteiger partial charge in [0.2, 0.25) is 0 Å². The van der Waals surface area contributed by atoms with E-state index in [1.54, 1.807) is 24.3 Å². The van der Waals surface area contributed by atoms with Gasteiger partial charge in [0, 0.05) is 17.8 Å². The van der Waals surface area contributed by atoms with E-state index in [0.717, 1.165) is 16.0 Å². The van der Waals surface area contributed by atoms with Crippen molar-refractivity contribution in [2.45, 2.75) is 19.9 Å². The van der Waals surface area contributed by atoms with Crippen LogP contribution in [0.2, 0.25) is 0 Å². The Kier molecular flexibility index (Phi) is 7.86. The standard InChI is InChI=1S/C29H27FN4O4/c1-18-4-3-5-20(14-18)17-34-28(36)26(33-29(34)37)16-24(25(31)15-19-6-8-21(30)9-7-19)27(35)32-22-10-12-23(38-2)13-11-22/h3-14,16,31-32,35H,15,17H2,1-2H3,(H,33,37)/b26-16-,27-24+,31-25?. The summed E-state index contributed by atoms with van der Waals surface area (Å²) in [5, 5.41) is 25.0. The fourth-order valence-electron chi connectivity index (χ4n) is 3.93. The number of aryl methyl sites for hydroxylation is 1. The predicted octanol–water partition coefficient (Wildman–Crippen LogP) is 5.22. The second kappa shape index (κ2) is 11.4. The van der Waals surface area contributed by atoms with E-state index in [2.05, 4.69) is 10.6 Å². The number of hydrogen-bond acceptors (Lipinski definition) is 6. The number of carbonyl (C=O) groups excluding carboxylic acids is 2. The zero-order valence-corrected chi connectivity index (χ0v) is 20.9. The molecule has 0 saturated carbocycles. The zero-order valence-electron chi connectivity index (χ0n) is 20.9. The number of hydrogen-bond donors (Lipinski definition) is 4. The van der Waals surface area contributed by atoms with Gasteiger partial charge in [-0.15, -0.1) is 0 Å². The molecule has 0 atom stereocenters. The number of methoxy groups -OCH3 is 1. The molecule has 3 aromatic rings. The van der Waals surface area contributed by atoms with Crippen LogP contribution >= 0.6 is 0 Å². The van der Waals surface area contributed by atoms with E-state index >= 15 is 0 Å². The summed E-state index contributed by atoms with van der Waals surface area (Å²) < 4.78 is 18.5. The summed E-state index contributed by atoms with van der Waals surface area (Å²) in [5.41, 5.74) is 2.79. The van der Waals surface area contributed by atoms with Crippen molar-refractivity contribution < 1.29 is 23.8 Å². The molecule has 3 aromatic carbocycles. The molecule has 0 bridgehead atoms. The molecule has 1 heterocycles. The number of imide groups is 1. The fourth-order valence-corrected chi connectivity index (χ4v) is 3.93. The van der Waals surface area contributed by atoms with Crippen molar-refractivity contribution in [1.82, 2.24) is 10.2 Å². The van der Waals surface area contributed by atoms with Gasteiger partial charge in [-0.05, 0) is 60.5 Å². The summed E-state index contributed by atoms with van der Waals surface area (Å²) in [6.45, 7) is 1.99. The minimum atomic E-state index is -0.602. The topological polar surface area (TPSA) is 115 Å². The zero-order chi connectivity index (χ0) is 27.2. The van der Waals surface area contributed by atoms with Crippen molar-refractivity contribution >= 4 is 23.3 Å². The molecule has 0 unspecified atom stereocenters. The molecule has 3 amide bonds. The molecule has 194 valence electrons. The van der Waals surface area contributed by atoms with Crippen LogP contribution < -0.4 is 15.4 Å². The van der Waals surface area contributed by atoms with Crippen LogP contribution in [-0.4, -0.2) is 34.8 Å². The normalized spacial score (nSPS) is 14.8. The molecule has 1 aliphatic heterocycles. The van der Waals surface area contributed by atoms with Crippen molar-refractivity contribution in [1.29, 1.82) is 5.41 Å². The number of ether oxygens (including phenoxy) is 1. The molecule has 0 aromatic heterocycles. The van der Waals surface area contributed by atoms with Crippen LogP contribution in [0.1, 0.15) is 16.7 Å². The number of nitrogens with one attached hydrogen (secondary N) is 3. The highest BCUT2D eigenvalue weighted by molar-refractivity contribution is 6.13. The van der Waals surface area contributed by atoms with E-state index in [-0.39, 0.29) is 29.9 Å². The van der Waals surface area contributed by atoms with E-state index in [0.29, 0.717) is 17.0 Å². The molecular formula is C29H27FN4O4. The fraction of sp³-hybridized carbons (Fsp3) is 0.138. The van der Waals surface area contributed by atoms with Crippen molar-refractivity contribution in [2.24, 2.45) is 0 Å². The van der Waals surface area contributed by atoms with Crippen molar-refractivity contribution in [3.05, 3.63) is 119 Å². The lowest BCUT2D eigenvalue weighted by Crippen LogP contribution is -2.30. The number of halogens is 1. The molecule has 1 saturated heterocycles. The van der Waals surface area contributed by atoms with Crippen molar-refractivity contribution in [3.8, 4) is 5.75 Å². The van der Waals surface area contributed by atoms with Gasteiger partial charge in [-0.25, -0.2) is 9.18 Å². The van der Waals surface area contributed by atoms with Crippen molar-refractivity contribution in [2.75, 3.05) is 12.4 Å². The lowest BCUT2D eigenvalue weighted by atomic mass is 10.0. The van der Waals surface area contributed by atoms with Crippen LogP contribution in [0.15, 0.2) is 96.0 Å². The van der Waals surface area contributed by atoms with E-state index < -0.39 is 23.6 Å². The number of nitrogens with zero attached hydrogens (tertiary/aromatic N) is 1. The second-order valence-corrected chi connectivity index (χ2v) is 8.77. The monoisotopic (exact) mass is 514 g/mol. The Morgan fingerprint density at radius 3 is 2.45 bits per heavy atom. The van der Waals surface area contributed by atoms with E-state index in [4.69, 9.17) is 10.1 Å². The average Bonchev–Trinajstić information content (AvgIpc) is 3.16. The highest BCUT2D eigenvalue weighted by Gasteiger charge is 2.34. The lowest BCUT2D eigenvalue weighted by molar-refractivity contribution is -0.123. The number of anilines is 1. The maximum atomic E-state index is 13.4. The SMILES string of the molecule is COc1ccc(N/C(O)=C(/C=C2\NC(=O)N(Cc3cccc(C)c3)C2=O)C(=N)Cc2ccc(F)cc2)cc1. The first-order valence-electron chi connectivity index (χ1n) is 11.8. The Morgan fingerprint density at radius 1 is 1.08 bits per heavy atom. The molecule has 4 rings (SSSR count). The smallest absolute Gasteiger partial charge is 0.329 e. The van der Waals surface area contributed by atoms with Gasteiger partial charge in [-0.1, -0.05) is 42.0 Å². The van der Waals surface area contributed by atoms with E-state index in [9.17, 15) is 19.1 Å². The minimum Gasteiger partial charge on any atom is -0.497 e. The van der Waals surface area contributed by atoms with Gasteiger partial charge in [0.15, 0.2) is 5.88 Å². The molecule has 1 fully saturated rings. The van der Waals surface area contributed by atoms with Crippen LogP contribution in [-0.2, 0) is 17.8 Å². The van der Waals surface area contributed by atoms with Crippen molar-refractivity contribution in [3.63, 3.8) is 0 Å². The van der Waals surface area contributed by atoms with Gasteiger partial charge in [0.25, 0.3) is 5.91 Å². The van der Waals surface area contributed by atoms with Gasteiger partial charge in [-0.2, -0.15) is 0 Å². The number of aliphatic hydroxyl groups excluding tert-OH is 1. The molecule has 0 spiro atoms. The first-order chi connectivity index (χ1) is 18.2. The van der Waals surface area contributed by atoms with Gasteiger partial charge < -0.3 is 25.9 Å². The first-order valence-corrected chi connectivity index (χ1v) is 11.8. The number of rotatable bonds is 9. The van der Waals surface area contributed by atoms with Crippen LogP contribution in [0.3, 0.4) is 0 Å². The maximum Gasteiger partial charge on any atom is 0.329 e. The number of benzene rings is 3. The molecule has 1 aliphatic rings. The molecule has 0 radical (unpaired) electrons. The largest absolute Gasteiger partial charge is 0.497 e. The second-order valence-electron chi connectivity index (χ2n) is 8.77. The molecule has 0 aliphatic carbocycles. The Labute approximate surface area is 219 Å². The summed E-state index contributed by atoms with van der Waals surface area (Å²) >= 11 is 0. The van der Waals surface area contributed by atoms with Gasteiger partial charge in [0.05, 0.1) is 19.2 Å². The minimum absolute atomic E-state index is 0.00815. The van der Waals surface area contributed by atoms with Crippen LogP contribution in [0, 0.1) is 18.2 Å². The molecule has 9 heteroatoms. The molecule has 38 heavy (non-hydrogen) atoms. The molecule has 4 N–H and O–H groups in total. The summed E-state index contributed by atoms with van der Waals surface area (Å²) in [7, 11) is 1.54. The van der Waals surface area contributed by atoms with Gasteiger partial charge in [-0.3, -0.25) is 9.69 Å². The third kappa shape index (κ3) is 6.25. The lowest BCUT2D eigenvalue weighted by Gasteiger charge is -2.13. The van der Waals surface area contributed by atoms with E-state index in [1.807, 2.05) is 31.2 Å². The maximum absolute atomic E-state index is 13.4. The quantitative estimate of drug-likeness (QED) is 0.135. The highest BCUT2D eigenvalue weighted by atomic mass is 19.1. The number of allylic oxidation sites excluding steroid dienone is 2. The molecule has 8 nitrogen and oxygen atoms in total. The Morgan fingerprint density at radius 2 is 1.79 bits per heavy atom. The van der Waals surface area contributed by atoms with Crippen LogP contribution in [0.4, 0.5) is 14.9 Å². The first kappa shape index (κ1) is 26.2. The average molecular weight is 515 g/mol. The van der Waals surface area contributed by atoms with Gasteiger partial charge in [0.1, 0.15) is 17.3 Å². The van der Waals surface area contributed by atoms with E-state index in [1.165, 1.54) is 37.5 Å². The number of urea groups is 1. The number of aliphatic hydroxyl groups is 1. The third-order valence-corrected chi connectivity index (χ3v) is 5.90. The highest BCUT2D eigenvalue weighted by Crippen LogP contribution is 2.21. The predicted molar refractivity (Wildman–Crippen MR) is 142 cm³/mol. The summed E-state index contributed by atoms with van der Waals surface area (Å²) in [4.78, 5) is 26.8. The van der Waals surface area contributed by atoms with Crippen LogP contribution in [0.5, 0.6) is 5.75 Å². The Bertz CT molecular complexity index is 1430. The summed E-state index contributed by atoms with van der Waals surface area (Å²) in [6.07, 6.45) is 1.32. The Balaban J connectivity index is 1.64. The van der Waals surface area contributed by atoms with Gasteiger partial charge >= 0.3 is 6.03 Å². The Hall–Kier alpha value is -4.92. The molecular weight excluding hydrogens is 487 g/mol. The van der Waals surface area contributed by atoms with Crippen LogP contribution in [0.25, 0.3) is 0 Å². The third-order valence-electron chi connectivity index (χ3n) is 5.90. The summed E-state index contributed by atoms with van der Waals surface area (Å²) in [5.74, 6) is -0.761. The number of amides is 3. The summed E-state index contributed by atoms with van der Waals surface area (Å²) in [6, 6.07) is 19.3.